The molecule has 0 N–H and O–H groups in total. The number of aryl methyl sites for hydroxylation is 1. The summed E-state index contributed by atoms with van der Waals surface area (Å²) in [6.45, 7) is 8.75. The van der Waals surface area contributed by atoms with Gasteiger partial charge in [0, 0.05) is 58.4 Å². The highest BCUT2D eigenvalue weighted by atomic mass is 19.4. The topological polar surface area (TPSA) is 119 Å². The minimum absolute atomic E-state index is 0.0245. The molecule has 3 aliphatic rings. The molecule has 2 aromatic carbocycles. The van der Waals surface area contributed by atoms with E-state index in [1.54, 1.807) is 81.0 Å². The van der Waals surface area contributed by atoms with Gasteiger partial charge in [-0.25, -0.2) is 18.6 Å². The van der Waals surface area contributed by atoms with Gasteiger partial charge in [0.05, 0.1) is 30.7 Å². The van der Waals surface area contributed by atoms with Crippen LogP contribution in [0, 0.1) is 12.7 Å². The third-order valence-corrected chi connectivity index (χ3v) is 12.7. The van der Waals surface area contributed by atoms with Gasteiger partial charge in [-0.3, -0.25) is 9.88 Å². The van der Waals surface area contributed by atoms with Crippen LogP contribution in [-0.4, -0.2) is 113 Å². The lowest BCUT2D eigenvalue weighted by Gasteiger charge is -2.31. The van der Waals surface area contributed by atoms with Crippen molar-refractivity contribution in [2.45, 2.75) is 96.0 Å². The maximum absolute atomic E-state index is 17.6. The van der Waals surface area contributed by atoms with E-state index in [0.717, 1.165) is 17.5 Å². The molecular formula is C48H55F5N8O5. The fourth-order valence-electron chi connectivity index (χ4n) is 9.36. The molecule has 8 rings (SSSR count). The number of nitrogens with zero attached hydrogens (tertiary/aromatic N) is 8. The minimum Gasteiger partial charge on any atom is -0.497 e. The minimum atomic E-state index is -4.96. The molecule has 0 bridgehead atoms. The van der Waals surface area contributed by atoms with Gasteiger partial charge in [0.25, 0.3) is 0 Å². The molecule has 3 atom stereocenters. The third kappa shape index (κ3) is 9.74. The number of likely N-dealkylation sites (N-methyl/N-ethyl adjacent to an activating group) is 1. The Morgan fingerprint density at radius 3 is 2.17 bits per heavy atom. The average molecular weight is 919 g/mol. The van der Waals surface area contributed by atoms with Crippen molar-refractivity contribution in [1.29, 1.82) is 0 Å². The van der Waals surface area contributed by atoms with Gasteiger partial charge >= 0.3 is 18.3 Å². The number of anilines is 2. The predicted molar refractivity (Wildman–Crippen MR) is 239 cm³/mol. The van der Waals surface area contributed by atoms with Crippen LogP contribution >= 0.6 is 0 Å². The number of methoxy groups -OCH3 is 2. The first-order valence-electron chi connectivity index (χ1n) is 22.0. The van der Waals surface area contributed by atoms with E-state index < -0.39 is 52.3 Å². The number of ether oxygens (including phenoxy) is 4. The molecular weight excluding hydrogens is 864 g/mol. The lowest BCUT2D eigenvalue weighted by molar-refractivity contribution is -0.137. The highest BCUT2D eigenvalue weighted by Gasteiger charge is 2.49. The van der Waals surface area contributed by atoms with Gasteiger partial charge in [0.15, 0.2) is 5.82 Å². The second-order valence-electron chi connectivity index (χ2n) is 18.4. The van der Waals surface area contributed by atoms with Crippen molar-refractivity contribution in [1.82, 2.24) is 29.7 Å². The molecule has 18 heteroatoms. The summed E-state index contributed by atoms with van der Waals surface area (Å²) in [5.74, 6) is 0.448. The number of carbonyl (C=O) groups is 1. The molecule has 352 valence electrons. The fraction of sp³-hybridized carbons (Fsp3) is 0.479. The molecule has 3 aromatic heterocycles. The molecule has 3 fully saturated rings. The van der Waals surface area contributed by atoms with E-state index in [9.17, 15) is 9.18 Å². The summed E-state index contributed by atoms with van der Waals surface area (Å²) >= 11 is 0. The number of fused-ring (bicyclic) bond motifs is 2. The van der Waals surface area contributed by atoms with Crippen LogP contribution in [0.25, 0.3) is 22.3 Å². The first kappa shape index (κ1) is 46.5. The standard InChI is InChI=1S/C48H55F5N8O5/c1-29-21-37(60(24-30-9-13-34(63-6)14-10-30)25-31-11-15-35(64-7)16-12-31)55-41(38(29)48(51,52)53)42-39(50)40-36(23-54-42)43(58(5)33-17-20-59(27-33)45(62)66-46(2,3)4)57-44(56-40)65-28-47-18-8-19-61(47)26-32(49)22-47/h9-16,21,23,32-33H,8,17-20,22,24-28H2,1-7H3/t32-,33-,47+/m1/s1. The van der Waals surface area contributed by atoms with Crippen molar-refractivity contribution in [3.63, 3.8) is 0 Å². The maximum atomic E-state index is 17.6. The van der Waals surface area contributed by atoms with Crippen LogP contribution in [0.3, 0.4) is 0 Å². The first-order chi connectivity index (χ1) is 31.3. The molecule has 0 radical (unpaired) electrons. The molecule has 6 heterocycles. The smallest absolute Gasteiger partial charge is 0.418 e. The molecule has 0 unspecified atom stereocenters. The van der Waals surface area contributed by atoms with Crippen LogP contribution in [0.4, 0.5) is 38.4 Å². The van der Waals surface area contributed by atoms with Crippen molar-refractivity contribution in [3.8, 4) is 28.9 Å². The van der Waals surface area contributed by atoms with Gasteiger partial charge in [-0.2, -0.15) is 23.1 Å². The Morgan fingerprint density at radius 2 is 1.56 bits per heavy atom. The summed E-state index contributed by atoms with van der Waals surface area (Å²) in [7, 11) is 4.84. The van der Waals surface area contributed by atoms with E-state index in [1.807, 2.05) is 24.3 Å². The van der Waals surface area contributed by atoms with Crippen molar-refractivity contribution in [3.05, 3.63) is 88.9 Å². The number of alkyl halides is 4. The molecule has 66 heavy (non-hydrogen) atoms. The van der Waals surface area contributed by atoms with Gasteiger partial charge in [-0.15, -0.1) is 0 Å². The second-order valence-corrected chi connectivity index (χ2v) is 18.4. The van der Waals surface area contributed by atoms with Crippen molar-refractivity contribution < 1.29 is 45.7 Å². The van der Waals surface area contributed by atoms with E-state index in [0.29, 0.717) is 37.4 Å². The number of halogens is 5. The number of hydrogen-bond acceptors (Lipinski definition) is 12. The number of hydrogen-bond donors (Lipinski definition) is 0. The molecule has 0 saturated carbocycles. The Kier molecular flexibility index (Phi) is 12.9. The van der Waals surface area contributed by atoms with Crippen LogP contribution in [0.5, 0.6) is 17.5 Å². The van der Waals surface area contributed by atoms with E-state index in [1.165, 1.54) is 19.2 Å². The Morgan fingerprint density at radius 1 is 0.909 bits per heavy atom. The average Bonchev–Trinajstić information content (AvgIpc) is 4.00. The van der Waals surface area contributed by atoms with Crippen LogP contribution in [0.15, 0.2) is 60.8 Å². The highest BCUT2D eigenvalue weighted by Crippen LogP contribution is 2.43. The predicted octanol–water partition coefficient (Wildman–Crippen LogP) is 9.18. The summed E-state index contributed by atoms with van der Waals surface area (Å²) in [6, 6.07) is 15.3. The van der Waals surface area contributed by atoms with Gasteiger partial charge < -0.3 is 33.6 Å². The molecule has 3 saturated heterocycles. The Labute approximate surface area is 380 Å². The molecule has 0 aliphatic carbocycles. The van der Waals surface area contributed by atoms with E-state index >= 15 is 17.6 Å². The summed E-state index contributed by atoms with van der Waals surface area (Å²) in [6.07, 6.45) is -2.91. The molecule has 13 nitrogen and oxygen atoms in total. The van der Waals surface area contributed by atoms with Gasteiger partial charge in [0.1, 0.15) is 58.4 Å². The second kappa shape index (κ2) is 18.3. The maximum Gasteiger partial charge on any atom is 0.418 e. The number of rotatable bonds is 13. The van der Waals surface area contributed by atoms with Crippen LogP contribution in [0.2, 0.25) is 0 Å². The summed E-state index contributed by atoms with van der Waals surface area (Å²) < 4.78 is 101. The molecule has 3 aliphatic heterocycles. The van der Waals surface area contributed by atoms with E-state index in [-0.39, 0.29) is 79.4 Å². The SMILES string of the molecule is COc1ccc(CN(Cc2ccc(OC)cc2)c2cc(C)c(C(F)(F)F)c(-c3ncc4c(N(C)[C@@H]5CCN(C(=O)OC(C)(C)C)C5)nc(OC[C@@]56CCCN5C[C@H](F)C6)nc4c3F)n2)cc1. The Balaban J connectivity index is 1.23. The van der Waals surface area contributed by atoms with Crippen molar-refractivity contribution in [2.75, 3.05) is 63.9 Å². The van der Waals surface area contributed by atoms with Gasteiger partial charge in [-0.05, 0) is 101 Å². The highest BCUT2D eigenvalue weighted by molar-refractivity contribution is 5.92. The summed E-state index contributed by atoms with van der Waals surface area (Å²) in [5.41, 5.74) is -2.73. The van der Waals surface area contributed by atoms with Crippen LogP contribution in [-0.2, 0) is 24.0 Å². The lowest BCUT2D eigenvalue weighted by atomic mass is 9.95. The Bertz CT molecular complexity index is 2510. The van der Waals surface area contributed by atoms with Gasteiger partial charge in [0.2, 0.25) is 0 Å². The number of amides is 1. The number of benzene rings is 2. The molecule has 1 amide bonds. The number of likely N-dealkylation sites (tertiary alicyclic amines) is 1. The lowest BCUT2D eigenvalue weighted by Crippen LogP contribution is -2.43. The zero-order valence-electron chi connectivity index (χ0n) is 38.2. The summed E-state index contributed by atoms with van der Waals surface area (Å²) in [4.78, 5) is 38.5. The normalized spacial score (nSPS) is 19.8. The first-order valence-corrected chi connectivity index (χ1v) is 22.0. The monoisotopic (exact) mass is 918 g/mol. The largest absolute Gasteiger partial charge is 0.497 e. The molecule has 5 aromatic rings. The van der Waals surface area contributed by atoms with E-state index in [4.69, 9.17) is 23.9 Å². The zero-order chi connectivity index (χ0) is 47.1. The van der Waals surface area contributed by atoms with Crippen LogP contribution in [0.1, 0.15) is 68.7 Å². The fourth-order valence-corrected chi connectivity index (χ4v) is 9.36. The number of carbonyl (C=O) groups excluding carboxylic acids is 1. The van der Waals surface area contributed by atoms with Crippen LogP contribution < -0.4 is 24.0 Å². The van der Waals surface area contributed by atoms with Crippen molar-refractivity contribution in [2.24, 2.45) is 0 Å². The quantitative estimate of drug-likeness (QED) is 0.105. The van der Waals surface area contributed by atoms with Gasteiger partial charge in [-0.1, -0.05) is 24.3 Å². The third-order valence-electron chi connectivity index (χ3n) is 12.7. The zero-order valence-corrected chi connectivity index (χ0v) is 38.2. The number of aromatic nitrogens is 4. The molecule has 0 spiro atoms. The summed E-state index contributed by atoms with van der Waals surface area (Å²) in [5, 5.41) is 0.106. The van der Waals surface area contributed by atoms with E-state index in [2.05, 4.69) is 19.9 Å². The van der Waals surface area contributed by atoms with Crippen molar-refractivity contribution >= 4 is 28.6 Å². The number of pyridine rings is 2. The Hall–Kier alpha value is -6.04.